The number of hydrogen-bond acceptors (Lipinski definition) is 4. The second-order valence-electron chi connectivity index (χ2n) is 4.20. The largest absolute Gasteiger partial charge is 0.491 e. The standard InChI is InChI=1S/C13H16N2O4/c1-15-10-7-9(8-14-13(17)18-2)3-4-11(10)19-6-5-12(15)16/h3-4,7H,5-6,8H2,1-2H3,(H,14,17). The summed E-state index contributed by atoms with van der Waals surface area (Å²) in [6.07, 6.45) is -0.128. The van der Waals surface area contributed by atoms with Crippen molar-refractivity contribution in [2.75, 3.05) is 25.7 Å². The molecule has 0 radical (unpaired) electrons. The molecule has 0 aromatic heterocycles. The van der Waals surface area contributed by atoms with Crippen molar-refractivity contribution < 1.29 is 19.1 Å². The van der Waals surface area contributed by atoms with Crippen molar-refractivity contribution in [1.29, 1.82) is 0 Å². The van der Waals surface area contributed by atoms with E-state index in [0.717, 1.165) is 5.56 Å². The highest BCUT2D eigenvalue weighted by Gasteiger charge is 2.20. The minimum atomic E-state index is -0.490. The number of ether oxygens (including phenoxy) is 2. The zero-order chi connectivity index (χ0) is 13.8. The van der Waals surface area contributed by atoms with Gasteiger partial charge in [0, 0.05) is 13.6 Å². The summed E-state index contributed by atoms with van der Waals surface area (Å²) in [5, 5.41) is 2.59. The molecule has 6 nitrogen and oxygen atoms in total. The smallest absolute Gasteiger partial charge is 0.407 e. The lowest BCUT2D eigenvalue weighted by atomic mass is 10.1. The van der Waals surface area contributed by atoms with Gasteiger partial charge in [0.25, 0.3) is 0 Å². The molecule has 2 amide bonds. The van der Waals surface area contributed by atoms with E-state index in [1.807, 2.05) is 12.1 Å². The fourth-order valence-electron chi connectivity index (χ4n) is 1.85. The Bertz CT molecular complexity index is 501. The van der Waals surface area contributed by atoms with Crippen LogP contribution in [0, 0.1) is 0 Å². The van der Waals surface area contributed by atoms with Gasteiger partial charge in [-0.2, -0.15) is 0 Å². The second-order valence-corrected chi connectivity index (χ2v) is 4.20. The molecule has 0 spiro atoms. The Morgan fingerprint density at radius 1 is 1.53 bits per heavy atom. The van der Waals surface area contributed by atoms with E-state index in [-0.39, 0.29) is 5.91 Å². The summed E-state index contributed by atoms with van der Waals surface area (Å²) in [5.74, 6) is 0.687. The minimum absolute atomic E-state index is 0.0110. The molecule has 1 aliphatic heterocycles. The van der Waals surface area contributed by atoms with E-state index >= 15 is 0 Å². The van der Waals surface area contributed by atoms with E-state index in [9.17, 15) is 9.59 Å². The van der Waals surface area contributed by atoms with Gasteiger partial charge >= 0.3 is 6.09 Å². The number of alkyl carbamates (subject to hydrolysis) is 1. The van der Waals surface area contributed by atoms with Crippen LogP contribution in [0.1, 0.15) is 12.0 Å². The summed E-state index contributed by atoms with van der Waals surface area (Å²) in [5.41, 5.74) is 1.58. The molecule has 0 bridgehead atoms. The van der Waals surface area contributed by atoms with Crippen LogP contribution in [0.15, 0.2) is 18.2 Å². The van der Waals surface area contributed by atoms with Crippen LogP contribution in [-0.2, 0) is 16.1 Å². The number of rotatable bonds is 2. The number of fused-ring (bicyclic) bond motifs is 1. The number of anilines is 1. The van der Waals surface area contributed by atoms with Crippen LogP contribution in [-0.4, -0.2) is 32.8 Å². The molecule has 1 aromatic carbocycles. The average Bonchev–Trinajstić information content (AvgIpc) is 2.57. The van der Waals surface area contributed by atoms with Crippen molar-refractivity contribution in [3.63, 3.8) is 0 Å². The molecule has 102 valence electrons. The third-order valence-corrected chi connectivity index (χ3v) is 2.95. The van der Waals surface area contributed by atoms with Gasteiger partial charge in [0.05, 0.1) is 25.8 Å². The molecule has 1 aliphatic rings. The molecule has 0 saturated carbocycles. The van der Waals surface area contributed by atoms with Crippen LogP contribution in [0.5, 0.6) is 5.75 Å². The predicted molar refractivity (Wildman–Crippen MR) is 69.2 cm³/mol. The van der Waals surface area contributed by atoms with Gasteiger partial charge in [-0.05, 0) is 17.7 Å². The number of carbonyl (C=O) groups is 2. The monoisotopic (exact) mass is 264 g/mol. The highest BCUT2D eigenvalue weighted by molar-refractivity contribution is 5.95. The first-order valence-corrected chi connectivity index (χ1v) is 5.96. The van der Waals surface area contributed by atoms with Crippen molar-refractivity contribution in [2.24, 2.45) is 0 Å². The maximum Gasteiger partial charge on any atom is 0.407 e. The Kier molecular flexibility index (Phi) is 3.89. The molecule has 0 saturated heterocycles. The zero-order valence-corrected chi connectivity index (χ0v) is 10.9. The van der Waals surface area contributed by atoms with E-state index in [2.05, 4.69) is 10.1 Å². The van der Waals surface area contributed by atoms with Crippen molar-refractivity contribution in [1.82, 2.24) is 5.32 Å². The van der Waals surface area contributed by atoms with Gasteiger partial charge in [-0.1, -0.05) is 6.07 Å². The summed E-state index contributed by atoms with van der Waals surface area (Å²) in [6, 6.07) is 5.48. The summed E-state index contributed by atoms with van der Waals surface area (Å²) < 4.78 is 10.0. The fraction of sp³-hybridized carbons (Fsp3) is 0.385. The average molecular weight is 264 g/mol. The fourth-order valence-corrected chi connectivity index (χ4v) is 1.85. The predicted octanol–water partition coefficient (Wildman–Crippen LogP) is 1.29. The lowest BCUT2D eigenvalue weighted by Crippen LogP contribution is -2.25. The van der Waals surface area contributed by atoms with Crippen LogP contribution in [0.4, 0.5) is 10.5 Å². The van der Waals surface area contributed by atoms with Crippen LogP contribution in [0.2, 0.25) is 0 Å². The number of nitrogens with zero attached hydrogens (tertiary/aromatic N) is 1. The third-order valence-electron chi connectivity index (χ3n) is 2.95. The van der Waals surface area contributed by atoms with Crippen LogP contribution in [0.25, 0.3) is 0 Å². The van der Waals surface area contributed by atoms with Crippen molar-refractivity contribution in [3.05, 3.63) is 23.8 Å². The Labute approximate surface area is 111 Å². The number of amides is 2. The topological polar surface area (TPSA) is 67.9 Å². The maximum atomic E-state index is 11.8. The van der Waals surface area contributed by atoms with Crippen LogP contribution in [0.3, 0.4) is 0 Å². The Balaban J connectivity index is 2.19. The molecule has 2 rings (SSSR count). The first-order valence-electron chi connectivity index (χ1n) is 5.96. The first-order chi connectivity index (χ1) is 9.11. The number of nitrogens with one attached hydrogen (secondary N) is 1. The van der Waals surface area contributed by atoms with Gasteiger partial charge < -0.3 is 19.7 Å². The van der Waals surface area contributed by atoms with Crippen LogP contribution < -0.4 is 15.0 Å². The number of benzene rings is 1. The van der Waals surface area contributed by atoms with Crippen molar-refractivity contribution in [3.8, 4) is 5.75 Å². The lowest BCUT2D eigenvalue weighted by Gasteiger charge is -2.17. The number of methoxy groups -OCH3 is 1. The maximum absolute atomic E-state index is 11.8. The molecular formula is C13H16N2O4. The van der Waals surface area contributed by atoms with E-state index in [1.54, 1.807) is 18.0 Å². The molecule has 0 aliphatic carbocycles. The summed E-state index contributed by atoms with van der Waals surface area (Å²) in [7, 11) is 3.03. The van der Waals surface area contributed by atoms with E-state index < -0.39 is 6.09 Å². The molecule has 19 heavy (non-hydrogen) atoms. The Hall–Kier alpha value is -2.24. The van der Waals surface area contributed by atoms with Gasteiger partial charge in [-0.25, -0.2) is 4.79 Å². The third kappa shape index (κ3) is 2.96. The Morgan fingerprint density at radius 2 is 2.32 bits per heavy atom. The summed E-state index contributed by atoms with van der Waals surface area (Å²) >= 11 is 0. The molecule has 1 heterocycles. The van der Waals surface area contributed by atoms with Crippen LogP contribution >= 0.6 is 0 Å². The zero-order valence-electron chi connectivity index (χ0n) is 10.9. The highest BCUT2D eigenvalue weighted by atomic mass is 16.5. The molecule has 0 atom stereocenters. The molecule has 6 heteroatoms. The molecule has 0 unspecified atom stereocenters. The second kappa shape index (κ2) is 5.60. The van der Waals surface area contributed by atoms with E-state index in [0.29, 0.717) is 31.0 Å². The van der Waals surface area contributed by atoms with E-state index in [1.165, 1.54) is 7.11 Å². The number of carbonyl (C=O) groups excluding carboxylic acids is 2. The molecule has 0 fully saturated rings. The van der Waals surface area contributed by atoms with Crippen molar-refractivity contribution >= 4 is 17.7 Å². The SMILES string of the molecule is COC(=O)NCc1ccc2c(c1)N(C)C(=O)CCO2. The quantitative estimate of drug-likeness (QED) is 0.874. The summed E-state index contributed by atoms with van der Waals surface area (Å²) in [6.45, 7) is 0.720. The summed E-state index contributed by atoms with van der Waals surface area (Å²) in [4.78, 5) is 24.4. The van der Waals surface area contributed by atoms with Crippen molar-refractivity contribution in [2.45, 2.75) is 13.0 Å². The molecule has 1 N–H and O–H groups in total. The minimum Gasteiger partial charge on any atom is -0.491 e. The molecular weight excluding hydrogens is 248 g/mol. The van der Waals surface area contributed by atoms with E-state index in [4.69, 9.17) is 4.74 Å². The molecule has 1 aromatic rings. The highest BCUT2D eigenvalue weighted by Crippen LogP contribution is 2.31. The number of hydrogen-bond donors (Lipinski definition) is 1. The normalized spacial score (nSPS) is 14.2. The Morgan fingerprint density at radius 3 is 3.05 bits per heavy atom. The first kappa shape index (κ1) is 13.2. The lowest BCUT2D eigenvalue weighted by molar-refractivity contribution is -0.118. The van der Waals surface area contributed by atoms with Gasteiger partial charge in [-0.3, -0.25) is 4.79 Å². The van der Waals surface area contributed by atoms with Gasteiger partial charge in [0.2, 0.25) is 5.91 Å². The van der Waals surface area contributed by atoms with Gasteiger partial charge in [-0.15, -0.1) is 0 Å². The van der Waals surface area contributed by atoms with Gasteiger partial charge in [0.1, 0.15) is 5.75 Å². The van der Waals surface area contributed by atoms with Gasteiger partial charge in [0.15, 0.2) is 0 Å².